The summed E-state index contributed by atoms with van der Waals surface area (Å²) in [7, 11) is -3.88. The molecule has 0 atom stereocenters. The highest BCUT2D eigenvalue weighted by atomic mass is 32.2. The molecule has 0 saturated carbocycles. The van der Waals surface area contributed by atoms with Gasteiger partial charge in [-0.3, -0.25) is 10.2 Å². The Bertz CT molecular complexity index is 847. The van der Waals surface area contributed by atoms with Crippen LogP contribution in [0.2, 0.25) is 0 Å². The first-order valence-corrected chi connectivity index (χ1v) is 10.1. The molecule has 2 rings (SSSR count). The molecule has 0 aromatic heterocycles. The van der Waals surface area contributed by atoms with E-state index in [1.165, 1.54) is 12.1 Å². The van der Waals surface area contributed by atoms with Gasteiger partial charge in [0.05, 0.1) is 11.5 Å². The summed E-state index contributed by atoms with van der Waals surface area (Å²) in [6.45, 7) is 6.18. The third-order valence-corrected chi connectivity index (χ3v) is 4.95. The van der Waals surface area contributed by atoms with E-state index >= 15 is 0 Å². The summed E-state index contributed by atoms with van der Waals surface area (Å²) in [4.78, 5) is 13.9. The highest BCUT2D eigenvalue weighted by Crippen LogP contribution is 2.18. The Kier molecular flexibility index (Phi) is 7.20. The molecule has 0 saturated heterocycles. The number of nitrogens with one attached hydrogen (secondary N) is 2. The first kappa shape index (κ1) is 20.7. The lowest BCUT2D eigenvalue weighted by Gasteiger charge is -2.11. The third kappa shape index (κ3) is 6.26. The summed E-state index contributed by atoms with van der Waals surface area (Å²) in [6.07, 6.45) is 0. The van der Waals surface area contributed by atoms with Crippen molar-refractivity contribution < 1.29 is 22.7 Å². The molecular formula is C19H24N2O5S. The minimum Gasteiger partial charge on any atom is -0.494 e. The van der Waals surface area contributed by atoms with E-state index in [1.807, 2.05) is 23.9 Å². The van der Waals surface area contributed by atoms with Gasteiger partial charge in [0.1, 0.15) is 11.5 Å². The van der Waals surface area contributed by atoms with E-state index < -0.39 is 15.9 Å². The maximum atomic E-state index is 12.2. The van der Waals surface area contributed by atoms with Gasteiger partial charge in [-0.05, 0) is 54.8 Å². The lowest BCUT2D eigenvalue weighted by Crippen LogP contribution is -2.43. The molecule has 0 spiro atoms. The Balaban J connectivity index is 1.84. The summed E-state index contributed by atoms with van der Waals surface area (Å²) in [5, 5.41) is 0. The van der Waals surface area contributed by atoms with Crippen LogP contribution in [-0.2, 0) is 14.8 Å². The molecule has 8 heteroatoms. The Hall–Kier alpha value is -2.58. The van der Waals surface area contributed by atoms with Crippen LogP contribution >= 0.6 is 0 Å². The molecular weight excluding hydrogens is 368 g/mol. The van der Waals surface area contributed by atoms with Crippen molar-refractivity contribution in [3.8, 4) is 11.5 Å². The number of amides is 1. The number of carbonyl (C=O) groups excluding carboxylic acids is 1. The zero-order chi connectivity index (χ0) is 19.9. The summed E-state index contributed by atoms with van der Waals surface area (Å²) in [5.41, 5.74) is 3.29. The molecule has 146 valence electrons. The normalized spacial score (nSPS) is 11.3. The van der Waals surface area contributed by atoms with Gasteiger partial charge in [0.15, 0.2) is 6.61 Å². The van der Waals surface area contributed by atoms with Crippen LogP contribution in [0.1, 0.15) is 32.3 Å². The molecule has 0 fully saturated rings. The molecule has 2 N–H and O–H groups in total. The summed E-state index contributed by atoms with van der Waals surface area (Å²) in [5.74, 6) is 0.887. The second-order valence-electron chi connectivity index (χ2n) is 6.07. The number of hydrogen-bond donors (Lipinski definition) is 2. The van der Waals surface area contributed by atoms with E-state index in [9.17, 15) is 13.2 Å². The topological polar surface area (TPSA) is 93.7 Å². The Morgan fingerprint density at radius 1 is 0.963 bits per heavy atom. The highest BCUT2D eigenvalue weighted by molar-refractivity contribution is 7.89. The third-order valence-electron chi connectivity index (χ3n) is 3.69. The number of carbonyl (C=O) groups is 1. The predicted molar refractivity (Wildman–Crippen MR) is 102 cm³/mol. The lowest BCUT2D eigenvalue weighted by atomic mass is 10.0. The largest absolute Gasteiger partial charge is 0.494 e. The minimum absolute atomic E-state index is 0.0106. The van der Waals surface area contributed by atoms with Crippen LogP contribution in [0, 0.1) is 0 Å². The van der Waals surface area contributed by atoms with Gasteiger partial charge in [0.2, 0.25) is 0 Å². The SMILES string of the molecule is CCOc1ccc(S(=O)(=O)NNC(=O)COc2ccc(C(C)C)cc2)cc1. The van der Waals surface area contributed by atoms with Gasteiger partial charge in [-0.1, -0.05) is 26.0 Å². The van der Waals surface area contributed by atoms with Crippen LogP contribution in [0.15, 0.2) is 53.4 Å². The molecule has 0 bridgehead atoms. The van der Waals surface area contributed by atoms with Crippen LogP contribution in [-0.4, -0.2) is 27.5 Å². The van der Waals surface area contributed by atoms with Gasteiger partial charge < -0.3 is 9.47 Å². The van der Waals surface area contributed by atoms with Crippen molar-refractivity contribution in [3.63, 3.8) is 0 Å². The standard InChI is InChI=1S/C19H24N2O5S/c1-4-25-16-9-11-18(12-10-16)27(23,24)21-20-19(22)13-26-17-7-5-15(6-8-17)14(2)3/h5-12,14,21H,4,13H2,1-3H3,(H,20,22). The molecule has 0 heterocycles. The smallest absolute Gasteiger partial charge is 0.272 e. The first-order chi connectivity index (χ1) is 12.8. The molecule has 0 radical (unpaired) electrons. The second kappa shape index (κ2) is 9.38. The van der Waals surface area contributed by atoms with E-state index in [0.29, 0.717) is 24.0 Å². The Labute approximate surface area is 159 Å². The summed E-state index contributed by atoms with van der Waals surface area (Å²) >= 11 is 0. The van der Waals surface area contributed by atoms with Crippen molar-refractivity contribution in [2.45, 2.75) is 31.6 Å². The monoisotopic (exact) mass is 392 g/mol. The highest BCUT2D eigenvalue weighted by Gasteiger charge is 2.15. The lowest BCUT2D eigenvalue weighted by molar-refractivity contribution is -0.123. The van der Waals surface area contributed by atoms with E-state index in [0.717, 1.165) is 5.56 Å². The quantitative estimate of drug-likeness (QED) is 0.640. The molecule has 0 aliphatic carbocycles. The number of rotatable bonds is 9. The minimum atomic E-state index is -3.88. The maximum absolute atomic E-state index is 12.2. The van der Waals surface area contributed by atoms with Crippen molar-refractivity contribution >= 4 is 15.9 Å². The predicted octanol–water partition coefficient (Wildman–Crippen LogP) is 2.60. The Morgan fingerprint density at radius 2 is 1.52 bits per heavy atom. The zero-order valence-electron chi connectivity index (χ0n) is 15.6. The number of ether oxygens (including phenoxy) is 2. The molecule has 7 nitrogen and oxygen atoms in total. The van der Waals surface area contributed by atoms with E-state index in [1.54, 1.807) is 24.3 Å². The van der Waals surface area contributed by atoms with Crippen molar-refractivity contribution in [2.75, 3.05) is 13.2 Å². The summed E-state index contributed by atoms with van der Waals surface area (Å²) < 4.78 is 35.0. The van der Waals surface area contributed by atoms with Gasteiger partial charge in [-0.2, -0.15) is 0 Å². The van der Waals surface area contributed by atoms with Crippen LogP contribution in [0.25, 0.3) is 0 Å². The number of hydrogen-bond acceptors (Lipinski definition) is 5. The maximum Gasteiger partial charge on any atom is 0.272 e. The van der Waals surface area contributed by atoms with Crippen molar-refractivity contribution in [3.05, 3.63) is 54.1 Å². The van der Waals surface area contributed by atoms with Crippen molar-refractivity contribution in [1.82, 2.24) is 10.3 Å². The molecule has 0 unspecified atom stereocenters. The molecule has 2 aromatic carbocycles. The Morgan fingerprint density at radius 3 is 2.07 bits per heavy atom. The second-order valence-corrected chi connectivity index (χ2v) is 7.75. The van der Waals surface area contributed by atoms with Gasteiger partial charge in [0.25, 0.3) is 15.9 Å². The van der Waals surface area contributed by atoms with E-state index in [4.69, 9.17) is 9.47 Å². The molecule has 27 heavy (non-hydrogen) atoms. The fourth-order valence-electron chi connectivity index (χ4n) is 2.20. The fourth-order valence-corrected chi connectivity index (χ4v) is 3.06. The van der Waals surface area contributed by atoms with Crippen molar-refractivity contribution in [1.29, 1.82) is 0 Å². The first-order valence-electron chi connectivity index (χ1n) is 8.58. The molecule has 2 aromatic rings. The number of benzene rings is 2. The van der Waals surface area contributed by atoms with Crippen LogP contribution < -0.4 is 19.7 Å². The average Bonchev–Trinajstić information content (AvgIpc) is 2.66. The van der Waals surface area contributed by atoms with Crippen molar-refractivity contribution in [2.24, 2.45) is 0 Å². The number of sulfonamides is 1. The van der Waals surface area contributed by atoms with Gasteiger partial charge in [-0.25, -0.2) is 8.42 Å². The molecule has 1 amide bonds. The van der Waals surface area contributed by atoms with Gasteiger partial charge in [-0.15, -0.1) is 4.83 Å². The van der Waals surface area contributed by atoms with Gasteiger partial charge >= 0.3 is 0 Å². The molecule has 0 aliphatic rings. The van der Waals surface area contributed by atoms with E-state index in [2.05, 4.69) is 19.3 Å². The van der Waals surface area contributed by atoms with Crippen LogP contribution in [0.5, 0.6) is 11.5 Å². The average molecular weight is 392 g/mol. The summed E-state index contributed by atoms with van der Waals surface area (Å²) in [6, 6.07) is 13.3. The van der Waals surface area contributed by atoms with E-state index in [-0.39, 0.29) is 11.5 Å². The zero-order valence-corrected chi connectivity index (χ0v) is 16.4. The van der Waals surface area contributed by atoms with Crippen LogP contribution in [0.3, 0.4) is 0 Å². The van der Waals surface area contributed by atoms with Crippen LogP contribution in [0.4, 0.5) is 0 Å². The molecule has 0 aliphatic heterocycles. The number of hydrazine groups is 1. The van der Waals surface area contributed by atoms with Gasteiger partial charge in [0, 0.05) is 0 Å². The fraction of sp³-hybridized carbons (Fsp3) is 0.316.